The second-order valence-corrected chi connectivity index (χ2v) is 8.30. The van der Waals surface area contributed by atoms with Crippen LogP contribution in [0.2, 0.25) is 0 Å². The minimum Gasteiger partial charge on any atom is -0.459 e. The second-order valence-electron chi connectivity index (χ2n) is 7.30. The molecule has 0 radical (unpaired) electrons. The Morgan fingerprint density at radius 3 is 2.53 bits per heavy atom. The van der Waals surface area contributed by atoms with Crippen molar-refractivity contribution >= 4 is 52.0 Å². The molecule has 0 saturated carbocycles. The zero-order valence-electron chi connectivity index (χ0n) is 17.8. The molecule has 2 aromatic rings. The molecular formula is C21H17F3N5O4S+. The number of halogens is 3. The number of urea groups is 1. The molecular weight excluding hydrogens is 475 g/mol. The first-order chi connectivity index (χ1) is 16.1. The fourth-order valence-electron chi connectivity index (χ4n) is 3.28. The number of alkyl halides is 3. The van der Waals surface area contributed by atoms with E-state index in [0.29, 0.717) is 5.76 Å². The number of aliphatic imine (C=N–C) groups is 2. The van der Waals surface area contributed by atoms with Crippen LogP contribution in [0.25, 0.3) is 0 Å². The SMILES string of the molecule is CN1C(=O)C2C(SCC(=O)Nc3ccc(C(F)(F)F)cc3)=NC(c3ccco3)=NC2=[N+](C)C1=O. The lowest BCUT2D eigenvalue weighted by molar-refractivity contribution is -0.407. The molecule has 4 rings (SSSR count). The Hall–Kier alpha value is -3.74. The van der Waals surface area contributed by atoms with Crippen LogP contribution in [0.15, 0.2) is 57.1 Å². The molecule has 0 bridgehead atoms. The summed E-state index contributed by atoms with van der Waals surface area (Å²) < 4.78 is 44.7. The van der Waals surface area contributed by atoms with E-state index in [1.165, 1.54) is 24.9 Å². The molecule has 34 heavy (non-hydrogen) atoms. The molecule has 9 nitrogen and oxygen atoms in total. The van der Waals surface area contributed by atoms with Crippen molar-refractivity contribution in [1.29, 1.82) is 0 Å². The summed E-state index contributed by atoms with van der Waals surface area (Å²) in [6.07, 6.45) is -3.06. The number of furan rings is 1. The third-order valence-corrected chi connectivity index (χ3v) is 6.05. The summed E-state index contributed by atoms with van der Waals surface area (Å²) in [5.74, 6) is -1.64. The minimum absolute atomic E-state index is 0.138. The van der Waals surface area contributed by atoms with Crippen molar-refractivity contribution in [1.82, 2.24) is 4.90 Å². The predicted molar refractivity (Wildman–Crippen MR) is 118 cm³/mol. The van der Waals surface area contributed by atoms with Gasteiger partial charge in [0.25, 0.3) is 11.7 Å². The predicted octanol–water partition coefficient (Wildman–Crippen LogP) is 3.08. The van der Waals surface area contributed by atoms with Gasteiger partial charge in [-0.15, -0.1) is 0 Å². The first-order valence-corrected chi connectivity index (χ1v) is 10.8. The Morgan fingerprint density at radius 2 is 1.91 bits per heavy atom. The van der Waals surface area contributed by atoms with E-state index in [9.17, 15) is 27.6 Å². The van der Waals surface area contributed by atoms with Gasteiger partial charge in [0.1, 0.15) is 5.04 Å². The fourth-order valence-corrected chi connectivity index (χ4v) is 4.16. The highest BCUT2D eigenvalue weighted by atomic mass is 32.2. The number of thioether (sulfide) groups is 1. The van der Waals surface area contributed by atoms with Gasteiger partial charge in [-0.25, -0.2) is 9.79 Å². The summed E-state index contributed by atoms with van der Waals surface area (Å²) in [7, 11) is 2.81. The molecule has 1 aromatic heterocycles. The largest absolute Gasteiger partial charge is 0.459 e. The van der Waals surface area contributed by atoms with Gasteiger partial charge in [-0.3, -0.25) is 9.59 Å². The highest BCUT2D eigenvalue weighted by Crippen LogP contribution is 2.30. The summed E-state index contributed by atoms with van der Waals surface area (Å²) in [4.78, 5) is 47.4. The highest BCUT2D eigenvalue weighted by molar-refractivity contribution is 8.14. The van der Waals surface area contributed by atoms with E-state index in [2.05, 4.69) is 15.3 Å². The van der Waals surface area contributed by atoms with Gasteiger partial charge in [-0.05, 0) is 36.4 Å². The number of imide groups is 1. The Balaban J connectivity index is 1.55. The van der Waals surface area contributed by atoms with Gasteiger partial charge in [-0.2, -0.15) is 22.6 Å². The monoisotopic (exact) mass is 492 g/mol. The molecule has 1 N–H and O–H groups in total. The van der Waals surface area contributed by atoms with Crippen LogP contribution >= 0.6 is 11.8 Å². The van der Waals surface area contributed by atoms with Crippen LogP contribution in [0, 0.1) is 5.92 Å². The lowest BCUT2D eigenvalue weighted by Gasteiger charge is -2.26. The molecule has 2 aliphatic heterocycles. The Bertz CT molecular complexity index is 1250. The van der Waals surface area contributed by atoms with E-state index in [1.54, 1.807) is 12.1 Å². The fraction of sp³-hybridized carbons (Fsp3) is 0.238. The van der Waals surface area contributed by atoms with Crippen molar-refractivity contribution in [2.24, 2.45) is 15.9 Å². The quantitative estimate of drug-likeness (QED) is 0.661. The zero-order chi connectivity index (χ0) is 24.6. The van der Waals surface area contributed by atoms with Crippen molar-refractivity contribution in [2.75, 3.05) is 25.2 Å². The van der Waals surface area contributed by atoms with Gasteiger partial charge in [0.2, 0.25) is 5.91 Å². The summed E-state index contributed by atoms with van der Waals surface area (Å²) >= 11 is 0.957. The van der Waals surface area contributed by atoms with Gasteiger partial charge >= 0.3 is 18.1 Å². The zero-order valence-corrected chi connectivity index (χ0v) is 18.6. The Morgan fingerprint density at radius 1 is 1.21 bits per heavy atom. The maximum absolute atomic E-state index is 12.8. The van der Waals surface area contributed by atoms with E-state index in [4.69, 9.17) is 4.42 Å². The average molecular weight is 492 g/mol. The third-order valence-electron chi connectivity index (χ3n) is 5.03. The highest BCUT2D eigenvalue weighted by Gasteiger charge is 2.49. The standard InChI is InChI=1S/C21H16F3N5O4S/c1-28-17-15(19(31)29(2)20(28)32)18(27-16(26-17)13-4-3-9-33-13)34-10-14(30)25-12-7-5-11(6-8-12)21(22,23)24/h3-9,15H,10H2,1-2H3/p+1. The molecule has 0 aliphatic carbocycles. The summed E-state index contributed by atoms with van der Waals surface area (Å²) in [6, 6.07) is 6.71. The maximum Gasteiger partial charge on any atom is 0.445 e. The van der Waals surface area contributed by atoms with E-state index >= 15 is 0 Å². The lowest BCUT2D eigenvalue weighted by atomic mass is 10.0. The topological polar surface area (TPSA) is 107 Å². The maximum atomic E-state index is 12.8. The normalized spacial score (nSPS) is 18.5. The van der Waals surface area contributed by atoms with Crippen LogP contribution in [-0.2, 0) is 15.8 Å². The molecule has 0 fully saturated rings. The first kappa shape index (κ1) is 23.4. The number of benzene rings is 1. The summed E-state index contributed by atoms with van der Waals surface area (Å²) in [5.41, 5.74) is -0.643. The van der Waals surface area contributed by atoms with E-state index in [1.807, 2.05) is 0 Å². The number of amides is 4. The van der Waals surface area contributed by atoms with Crippen LogP contribution in [0.1, 0.15) is 11.3 Å². The van der Waals surface area contributed by atoms with Crippen molar-refractivity contribution in [3.8, 4) is 0 Å². The van der Waals surface area contributed by atoms with Gasteiger partial charge in [0, 0.05) is 5.69 Å². The number of nitrogens with one attached hydrogen (secondary N) is 1. The number of carbonyl (C=O) groups is 3. The average Bonchev–Trinajstić information content (AvgIpc) is 3.34. The van der Waals surface area contributed by atoms with E-state index in [0.717, 1.165) is 40.9 Å². The van der Waals surface area contributed by atoms with Crippen molar-refractivity contribution in [3.05, 3.63) is 54.0 Å². The van der Waals surface area contributed by atoms with Crippen molar-refractivity contribution < 1.29 is 36.5 Å². The van der Waals surface area contributed by atoms with Gasteiger partial charge < -0.3 is 9.73 Å². The van der Waals surface area contributed by atoms with Crippen LogP contribution in [0.5, 0.6) is 0 Å². The van der Waals surface area contributed by atoms with E-state index < -0.39 is 35.5 Å². The Kier molecular flexibility index (Phi) is 6.13. The Labute approximate surface area is 195 Å². The van der Waals surface area contributed by atoms with Crippen LogP contribution in [0.3, 0.4) is 0 Å². The molecule has 0 spiro atoms. The summed E-state index contributed by atoms with van der Waals surface area (Å²) in [5, 5.41) is 2.74. The molecule has 1 aromatic carbocycles. The molecule has 1 atom stereocenters. The van der Waals surface area contributed by atoms with Crippen molar-refractivity contribution in [3.63, 3.8) is 0 Å². The second kappa shape index (κ2) is 8.89. The molecule has 13 heteroatoms. The molecule has 176 valence electrons. The third kappa shape index (κ3) is 4.51. The lowest BCUT2D eigenvalue weighted by Crippen LogP contribution is -2.54. The van der Waals surface area contributed by atoms with Crippen molar-refractivity contribution in [2.45, 2.75) is 6.18 Å². The number of fused-ring (bicyclic) bond motifs is 1. The van der Waals surface area contributed by atoms with Gasteiger partial charge in [0.15, 0.2) is 11.7 Å². The number of nitrogens with zero attached hydrogens (tertiary/aromatic N) is 4. The number of rotatable bonds is 4. The smallest absolute Gasteiger partial charge is 0.445 e. The number of hydrogen-bond donors (Lipinski definition) is 1. The minimum atomic E-state index is -4.48. The molecule has 0 saturated heterocycles. The number of amidine groups is 2. The van der Waals surface area contributed by atoms with Gasteiger partial charge in [0.05, 0.1) is 31.7 Å². The summed E-state index contributed by atoms with van der Waals surface area (Å²) in [6.45, 7) is 0. The molecule has 2 aliphatic rings. The number of carbonyl (C=O) groups excluding carboxylic acids is 3. The molecule has 4 amide bonds. The number of anilines is 1. The number of hydrogen-bond acceptors (Lipinski definition) is 7. The first-order valence-electron chi connectivity index (χ1n) is 9.79. The van der Waals surface area contributed by atoms with Crippen LogP contribution in [-0.4, -0.2) is 63.9 Å². The van der Waals surface area contributed by atoms with Crippen LogP contribution in [0.4, 0.5) is 23.7 Å². The van der Waals surface area contributed by atoms with Crippen LogP contribution < -0.4 is 5.32 Å². The van der Waals surface area contributed by atoms with Gasteiger partial charge in [-0.1, -0.05) is 16.8 Å². The van der Waals surface area contributed by atoms with E-state index in [-0.39, 0.29) is 28.2 Å². The molecule has 1 unspecified atom stereocenters. The molecule has 3 heterocycles.